The van der Waals surface area contributed by atoms with Crippen LogP contribution in [0.2, 0.25) is 0 Å². The van der Waals surface area contributed by atoms with E-state index < -0.39 is 0 Å². The molecule has 0 aliphatic rings. The normalized spacial score (nSPS) is 11.0. The highest BCUT2D eigenvalue weighted by Gasteiger charge is 2.06. The fraction of sp³-hybridized carbons (Fsp3) is 0.200. The molecule has 2 aromatic rings. The largest absolute Gasteiger partial charge is 0.398 e. The number of anilines is 1. The van der Waals surface area contributed by atoms with E-state index in [9.17, 15) is 0 Å². The molecule has 13 heavy (non-hydrogen) atoms. The van der Waals surface area contributed by atoms with Gasteiger partial charge in [0.05, 0.1) is 5.52 Å². The molecule has 2 rings (SSSR count). The third-order valence-corrected chi connectivity index (χ3v) is 2.87. The smallest absolute Gasteiger partial charge is 0.0559 e. The molecular formula is C10H13N2P. The predicted octanol–water partition coefficient (Wildman–Crippen LogP) is 2.48. The SMILES string of the molecule is Cc1cc(C)c2c(ccn2P)c1N. The molecule has 0 aliphatic carbocycles. The van der Waals surface area contributed by atoms with Crippen molar-refractivity contribution in [3.8, 4) is 0 Å². The van der Waals surface area contributed by atoms with E-state index >= 15 is 0 Å². The Morgan fingerprint density at radius 2 is 2.00 bits per heavy atom. The van der Waals surface area contributed by atoms with Crippen molar-refractivity contribution >= 4 is 26.0 Å². The summed E-state index contributed by atoms with van der Waals surface area (Å²) >= 11 is 0. The Kier molecular flexibility index (Phi) is 1.81. The Hall–Kier alpha value is -1.01. The van der Waals surface area contributed by atoms with Gasteiger partial charge in [0.15, 0.2) is 0 Å². The van der Waals surface area contributed by atoms with Crippen LogP contribution in [0.1, 0.15) is 11.1 Å². The molecule has 1 atom stereocenters. The minimum atomic E-state index is 0.891. The summed E-state index contributed by atoms with van der Waals surface area (Å²) in [6.45, 7) is 4.15. The molecule has 0 fully saturated rings. The van der Waals surface area contributed by atoms with Gasteiger partial charge in [0.25, 0.3) is 0 Å². The van der Waals surface area contributed by atoms with Crippen LogP contribution in [0.15, 0.2) is 18.3 Å². The maximum Gasteiger partial charge on any atom is 0.0559 e. The molecule has 1 aromatic heterocycles. The number of hydrogen-bond donors (Lipinski definition) is 1. The lowest BCUT2D eigenvalue weighted by Gasteiger charge is -2.06. The lowest BCUT2D eigenvalue weighted by atomic mass is 10.1. The van der Waals surface area contributed by atoms with E-state index in [0.29, 0.717) is 0 Å². The van der Waals surface area contributed by atoms with Crippen molar-refractivity contribution in [3.63, 3.8) is 0 Å². The first-order chi connectivity index (χ1) is 6.11. The Morgan fingerprint density at radius 3 is 2.69 bits per heavy atom. The van der Waals surface area contributed by atoms with E-state index in [1.165, 1.54) is 11.1 Å². The van der Waals surface area contributed by atoms with Gasteiger partial charge in [-0.3, -0.25) is 0 Å². The van der Waals surface area contributed by atoms with Gasteiger partial charge in [-0.05, 0) is 40.4 Å². The van der Waals surface area contributed by atoms with Gasteiger partial charge in [-0.1, -0.05) is 6.07 Å². The molecule has 2 N–H and O–H groups in total. The van der Waals surface area contributed by atoms with E-state index in [-0.39, 0.29) is 0 Å². The van der Waals surface area contributed by atoms with Crippen molar-refractivity contribution in [3.05, 3.63) is 29.5 Å². The topological polar surface area (TPSA) is 30.9 Å². The molecule has 0 spiro atoms. The molecule has 3 heteroatoms. The number of aryl methyl sites for hydroxylation is 2. The summed E-state index contributed by atoms with van der Waals surface area (Å²) in [6, 6.07) is 4.18. The minimum Gasteiger partial charge on any atom is -0.398 e. The summed E-state index contributed by atoms with van der Waals surface area (Å²) < 4.78 is 2.03. The van der Waals surface area contributed by atoms with Crippen LogP contribution in [0, 0.1) is 13.8 Å². The second-order valence-corrected chi connectivity index (χ2v) is 3.97. The van der Waals surface area contributed by atoms with Crippen LogP contribution in [0.4, 0.5) is 5.69 Å². The zero-order chi connectivity index (χ0) is 9.59. The molecule has 1 heterocycles. The fourth-order valence-electron chi connectivity index (χ4n) is 1.76. The Labute approximate surface area is 80.0 Å². The van der Waals surface area contributed by atoms with Gasteiger partial charge in [-0.2, -0.15) is 0 Å². The van der Waals surface area contributed by atoms with Crippen LogP contribution in [-0.4, -0.2) is 4.34 Å². The van der Waals surface area contributed by atoms with Crippen LogP contribution in [0.25, 0.3) is 10.9 Å². The third kappa shape index (κ3) is 1.13. The number of aromatic nitrogens is 1. The number of nitrogens with two attached hydrogens (primary N) is 1. The van der Waals surface area contributed by atoms with Gasteiger partial charge < -0.3 is 10.1 Å². The van der Waals surface area contributed by atoms with Gasteiger partial charge >= 0.3 is 0 Å². The van der Waals surface area contributed by atoms with E-state index in [1.807, 2.05) is 17.5 Å². The van der Waals surface area contributed by atoms with Crippen molar-refractivity contribution in [1.29, 1.82) is 0 Å². The van der Waals surface area contributed by atoms with Gasteiger partial charge in [0, 0.05) is 17.3 Å². The Bertz CT molecular complexity index is 471. The van der Waals surface area contributed by atoms with Crippen LogP contribution < -0.4 is 5.73 Å². The van der Waals surface area contributed by atoms with Gasteiger partial charge in [-0.25, -0.2) is 0 Å². The number of nitrogen functional groups attached to an aromatic ring is 1. The lowest BCUT2D eigenvalue weighted by molar-refractivity contribution is 1.31. The predicted molar refractivity (Wildman–Crippen MR) is 60.9 cm³/mol. The van der Waals surface area contributed by atoms with E-state index in [1.54, 1.807) is 0 Å². The van der Waals surface area contributed by atoms with Crippen molar-refractivity contribution in [1.82, 2.24) is 4.34 Å². The van der Waals surface area contributed by atoms with Crippen molar-refractivity contribution < 1.29 is 0 Å². The van der Waals surface area contributed by atoms with Gasteiger partial charge in [0.1, 0.15) is 0 Å². The Balaban J connectivity index is 2.99. The first-order valence-corrected chi connectivity index (χ1v) is 4.74. The van der Waals surface area contributed by atoms with Crippen molar-refractivity contribution in [2.45, 2.75) is 13.8 Å². The molecule has 1 aromatic carbocycles. The molecule has 0 saturated carbocycles. The average Bonchev–Trinajstić information content (AvgIpc) is 2.44. The second kappa shape index (κ2) is 2.74. The first-order valence-electron chi connectivity index (χ1n) is 4.23. The molecule has 0 amide bonds. The molecule has 2 nitrogen and oxygen atoms in total. The highest BCUT2D eigenvalue weighted by molar-refractivity contribution is 7.14. The van der Waals surface area contributed by atoms with Crippen LogP contribution in [0.5, 0.6) is 0 Å². The summed E-state index contributed by atoms with van der Waals surface area (Å²) in [5.41, 5.74) is 10.5. The summed E-state index contributed by atoms with van der Waals surface area (Å²) in [7, 11) is 2.66. The molecule has 1 unspecified atom stereocenters. The number of benzene rings is 1. The number of rotatable bonds is 0. The first kappa shape index (κ1) is 8.58. The lowest BCUT2D eigenvalue weighted by Crippen LogP contribution is -1.92. The van der Waals surface area contributed by atoms with E-state index in [0.717, 1.165) is 16.6 Å². The highest BCUT2D eigenvalue weighted by atomic mass is 31.0. The standard InChI is InChI=1S/C10H13N2P/c1-6-5-7(2)10-8(9(6)11)3-4-12(10)13/h3-5H,11,13H2,1-2H3. The quantitative estimate of drug-likeness (QED) is 0.504. The maximum atomic E-state index is 5.98. The zero-order valence-electron chi connectivity index (χ0n) is 7.83. The van der Waals surface area contributed by atoms with Crippen molar-refractivity contribution in [2.75, 3.05) is 5.73 Å². The van der Waals surface area contributed by atoms with Crippen LogP contribution >= 0.6 is 9.39 Å². The van der Waals surface area contributed by atoms with Gasteiger partial charge in [0.2, 0.25) is 0 Å². The molecular weight excluding hydrogens is 179 g/mol. The molecule has 0 saturated heterocycles. The summed E-state index contributed by atoms with van der Waals surface area (Å²) in [5, 5.41) is 1.15. The van der Waals surface area contributed by atoms with E-state index in [4.69, 9.17) is 5.73 Å². The minimum absolute atomic E-state index is 0.891. The zero-order valence-corrected chi connectivity index (χ0v) is 8.99. The van der Waals surface area contributed by atoms with Crippen molar-refractivity contribution in [2.24, 2.45) is 0 Å². The van der Waals surface area contributed by atoms with Crippen LogP contribution in [0.3, 0.4) is 0 Å². The molecule has 0 aliphatic heterocycles. The molecule has 0 radical (unpaired) electrons. The monoisotopic (exact) mass is 192 g/mol. The summed E-state index contributed by atoms with van der Waals surface area (Å²) in [6.07, 6.45) is 2.01. The summed E-state index contributed by atoms with van der Waals surface area (Å²) in [4.78, 5) is 0. The Morgan fingerprint density at radius 1 is 1.31 bits per heavy atom. The third-order valence-electron chi connectivity index (χ3n) is 2.44. The molecule has 68 valence electrons. The highest BCUT2D eigenvalue weighted by Crippen LogP contribution is 2.29. The van der Waals surface area contributed by atoms with Gasteiger partial charge in [-0.15, -0.1) is 0 Å². The fourth-order valence-corrected chi connectivity index (χ4v) is 2.19. The number of fused-ring (bicyclic) bond motifs is 1. The average molecular weight is 192 g/mol. The maximum absolute atomic E-state index is 5.98. The number of hydrogen-bond acceptors (Lipinski definition) is 1. The second-order valence-electron chi connectivity index (χ2n) is 3.41. The van der Waals surface area contributed by atoms with Crippen LogP contribution in [-0.2, 0) is 0 Å². The molecule has 0 bridgehead atoms. The number of nitrogens with zero attached hydrogens (tertiary/aromatic N) is 1. The summed E-state index contributed by atoms with van der Waals surface area (Å²) in [5.74, 6) is 0. The van der Waals surface area contributed by atoms with E-state index in [2.05, 4.69) is 28.4 Å².